The van der Waals surface area contributed by atoms with Crippen molar-refractivity contribution in [2.45, 2.75) is 51.1 Å². The zero-order valence-electron chi connectivity index (χ0n) is 9.75. The van der Waals surface area contributed by atoms with Crippen LogP contribution < -0.4 is 16.8 Å². The Kier molecular flexibility index (Phi) is 4.11. The Bertz CT molecular complexity index is 224. The summed E-state index contributed by atoms with van der Waals surface area (Å²) < 4.78 is 0. The number of hydrogen-bond acceptors (Lipinski definition) is 3. The topological polar surface area (TPSA) is 81.1 Å². The molecule has 4 heteroatoms. The van der Waals surface area contributed by atoms with Gasteiger partial charge in [0.2, 0.25) is 5.91 Å². The molecule has 2 unspecified atom stereocenters. The standard InChI is InChI=1S/C11H23N3O/c1-3-6-11(2,13)10(15)14-9(7-12)8-4-5-8/h8-9H,3-7,12-13H2,1-2H3,(H,14,15). The minimum atomic E-state index is -0.753. The Morgan fingerprint density at radius 2 is 2.20 bits per heavy atom. The third-order valence-corrected chi connectivity index (χ3v) is 3.05. The van der Waals surface area contributed by atoms with Crippen LogP contribution in [0.5, 0.6) is 0 Å². The van der Waals surface area contributed by atoms with E-state index >= 15 is 0 Å². The largest absolute Gasteiger partial charge is 0.350 e. The van der Waals surface area contributed by atoms with Gasteiger partial charge in [0.15, 0.2) is 0 Å². The average molecular weight is 213 g/mol. The molecule has 1 aliphatic carbocycles. The Hall–Kier alpha value is -0.610. The van der Waals surface area contributed by atoms with Gasteiger partial charge in [-0.3, -0.25) is 4.79 Å². The van der Waals surface area contributed by atoms with Gasteiger partial charge in [0.25, 0.3) is 0 Å². The van der Waals surface area contributed by atoms with Gasteiger partial charge in [0, 0.05) is 12.6 Å². The highest BCUT2D eigenvalue weighted by Crippen LogP contribution is 2.32. The van der Waals surface area contributed by atoms with Crippen molar-refractivity contribution in [1.82, 2.24) is 5.32 Å². The molecule has 0 heterocycles. The summed E-state index contributed by atoms with van der Waals surface area (Å²) in [6.45, 7) is 4.32. The first kappa shape index (κ1) is 12.5. The van der Waals surface area contributed by atoms with Crippen LogP contribution in [0.4, 0.5) is 0 Å². The van der Waals surface area contributed by atoms with E-state index < -0.39 is 5.54 Å². The molecule has 1 amide bonds. The van der Waals surface area contributed by atoms with Crippen LogP contribution in [-0.2, 0) is 4.79 Å². The average Bonchev–Trinajstić information content (AvgIpc) is 2.96. The molecule has 0 spiro atoms. The quantitative estimate of drug-likeness (QED) is 0.596. The van der Waals surface area contributed by atoms with Gasteiger partial charge in [-0.25, -0.2) is 0 Å². The van der Waals surface area contributed by atoms with Crippen LogP contribution in [0.15, 0.2) is 0 Å². The number of carbonyl (C=O) groups is 1. The van der Waals surface area contributed by atoms with Gasteiger partial charge in [0.05, 0.1) is 5.54 Å². The lowest BCUT2D eigenvalue weighted by molar-refractivity contribution is -0.126. The van der Waals surface area contributed by atoms with Gasteiger partial charge in [-0.1, -0.05) is 13.3 Å². The molecule has 0 aliphatic heterocycles. The summed E-state index contributed by atoms with van der Waals surface area (Å²) in [5.74, 6) is 0.517. The molecule has 88 valence electrons. The van der Waals surface area contributed by atoms with E-state index in [9.17, 15) is 4.79 Å². The fourth-order valence-corrected chi connectivity index (χ4v) is 1.83. The van der Waals surface area contributed by atoms with Gasteiger partial charge >= 0.3 is 0 Å². The summed E-state index contributed by atoms with van der Waals surface area (Å²) in [5.41, 5.74) is 10.8. The predicted octanol–water partition coefficient (Wildman–Crippen LogP) is 0.357. The number of carbonyl (C=O) groups excluding carboxylic acids is 1. The first-order valence-corrected chi connectivity index (χ1v) is 5.81. The SMILES string of the molecule is CCCC(C)(N)C(=O)NC(CN)C1CC1. The molecular formula is C11H23N3O. The molecule has 1 aliphatic rings. The normalized spacial score (nSPS) is 21.9. The molecule has 0 saturated heterocycles. The van der Waals surface area contributed by atoms with Gasteiger partial charge < -0.3 is 16.8 Å². The van der Waals surface area contributed by atoms with Crippen LogP contribution in [0.2, 0.25) is 0 Å². The van der Waals surface area contributed by atoms with Gasteiger partial charge in [-0.2, -0.15) is 0 Å². The summed E-state index contributed by atoms with van der Waals surface area (Å²) in [7, 11) is 0. The van der Waals surface area contributed by atoms with Crippen molar-refractivity contribution in [2.75, 3.05) is 6.54 Å². The second kappa shape index (κ2) is 4.94. The third-order valence-electron chi connectivity index (χ3n) is 3.05. The van der Waals surface area contributed by atoms with Gasteiger partial charge in [0.1, 0.15) is 0 Å². The van der Waals surface area contributed by atoms with Crippen molar-refractivity contribution in [3.05, 3.63) is 0 Å². The first-order valence-electron chi connectivity index (χ1n) is 5.81. The Morgan fingerprint density at radius 1 is 1.60 bits per heavy atom. The summed E-state index contributed by atoms with van der Waals surface area (Å²) in [4.78, 5) is 11.9. The van der Waals surface area contributed by atoms with Crippen LogP contribution >= 0.6 is 0 Å². The molecule has 4 nitrogen and oxygen atoms in total. The van der Waals surface area contributed by atoms with Crippen molar-refractivity contribution < 1.29 is 4.79 Å². The first-order chi connectivity index (χ1) is 7.01. The van der Waals surface area contributed by atoms with E-state index in [4.69, 9.17) is 11.5 Å². The predicted molar refractivity (Wildman–Crippen MR) is 61.2 cm³/mol. The van der Waals surface area contributed by atoms with E-state index in [1.54, 1.807) is 6.92 Å². The second-order valence-corrected chi connectivity index (χ2v) is 4.82. The fourth-order valence-electron chi connectivity index (χ4n) is 1.83. The Morgan fingerprint density at radius 3 is 2.60 bits per heavy atom. The van der Waals surface area contributed by atoms with E-state index in [0.717, 1.165) is 6.42 Å². The third kappa shape index (κ3) is 3.47. The zero-order valence-corrected chi connectivity index (χ0v) is 9.75. The van der Waals surface area contributed by atoms with E-state index in [-0.39, 0.29) is 11.9 Å². The van der Waals surface area contributed by atoms with Crippen LogP contribution in [0.1, 0.15) is 39.5 Å². The molecule has 0 aromatic carbocycles. The fraction of sp³-hybridized carbons (Fsp3) is 0.909. The molecule has 2 atom stereocenters. The molecule has 0 radical (unpaired) electrons. The summed E-state index contributed by atoms with van der Waals surface area (Å²) in [6, 6.07) is 0.122. The molecule has 0 aromatic rings. The lowest BCUT2D eigenvalue weighted by Crippen LogP contribution is -2.55. The van der Waals surface area contributed by atoms with Crippen molar-refractivity contribution in [2.24, 2.45) is 17.4 Å². The summed E-state index contributed by atoms with van der Waals surface area (Å²) in [6.07, 6.45) is 3.98. The monoisotopic (exact) mass is 213 g/mol. The van der Waals surface area contributed by atoms with Gasteiger partial charge in [-0.15, -0.1) is 0 Å². The van der Waals surface area contributed by atoms with Crippen LogP contribution in [0, 0.1) is 5.92 Å². The molecule has 0 aromatic heterocycles. The van der Waals surface area contributed by atoms with Crippen LogP contribution in [0.25, 0.3) is 0 Å². The minimum Gasteiger partial charge on any atom is -0.350 e. The Balaban J connectivity index is 2.45. The summed E-state index contributed by atoms with van der Waals surface area (Å²) >= 11 is 0. The number of hydrogen-bond donors (Lipinski definition) is 3. The smallest absolute Gasteiger partial charge is 0.240 e. The molecule has 1 saturated carbocycles. The minimum absolute atomic E-state index is 0.0632. The van der Waals surface area contributed by atoms with Crippen molar-refractivity contribution in [3.8, 4) is 0 Å². The van der Waals surface area contributed by atoms with E-state index in [0.29, 0.717) is 18.9 Å². The molecule has 1 fully saturated rings. The van der Waals surface area contributed by atoms with E-state index in [1.807, 2.05) is 6.92 Å². The van der Waals surface area contributed by atoms with Crippen LogP contribution in [-0.4, -0.2) is 24.0 Å². The molecule has 15 heavy (non-hydrogen) atoms. The lowest BCUT2D eigenvalue weighted by Gasteiger charge is -2.26. The maximum atomic E-state index is 11.9. The zero-order chi connectivity index (χ0) is 11.5. The van der Waals surface area contributed by atoms with Gasteiger partial charge in [-0.05, 0) is 32.1 Å². The van der Waals surface area contributed by atoms with E-state index in [2.05, 4.69) is 5.32 Å². The maximum absolute atomic E-state index is 11.9. The molecular weight excluding hydrogens is 190 g/mol. The van der Waals surface area contributed by atoms with E-state index in [1.165, 1.54) is 12.8 Å². The van der Waals surface area contributed by atoms with Crippen LogP contribution in [0.3, 0.4) is 0 Å². The number of rotatable bonds is 6. The van der Waals surface area contributed by atoms with Crippen molar-refractivity contribution >= 4 is 5.91 Å². The number of nitrogens with two attached hydrogens (primary N) is 2. The highest BCUT2D eigenvalue weighted by Gasteiger charge is 2.35. The maximum Gasteiger partial charge on any atom is 0.240 e. The number of amides is 1. The summed E-state index contributed by atoms with van der Waals surface area (Å²) in [5, 5.41) is 2.96. The van der Waals surface area contributed by atoms with Crippen molar-refractivity contribution in [3.63, 3.8) is 0 Å². The number of nitrogens with one attached hydrogen (secondary N) is 1. The lowest BCUT2D eigenvalue weighted by atomic mass is 9.96. The highest BCUT2D eigenvalue weighted by atomic mass is 16.2. The molecule has 0 bridgehead atoms. The second-order valence-electron chi connectivity index (χ2n) is 4.82. The van der Waals surface area contributed by atoms with Crippen molar-refractivity contribution in [1.29, 1.82) is 0 Å². The highest BCUT2D eigenvalue weighted by molar-refractivity contribution is 5.85. The Labute approximate surface area is 91.8 Å². The molecule has 1 rings (SSSR count). The molecule has 5 N–H and O–H groups in total.